The van der Waals surface area contributed by atoms with Crippen LogP contribution in [0, 0.1) is 0 Å². The molecule has 0 atom stereocenters. The number of pyridine rings is 1. The third-order valence-corrected chi connectivity index (χ3v) is 1.93. The Kier molecular flexibility index (Phi) is 4.40. The van der Waals surface area contributed by atoms with Crippen molar-refractivity contribution >= 4 is 21.9 Å². The van der Waals surface area contributed by atoms with Gasteiger partial charge < -0.3 is 10.4 Å². The number of nitrogens with one attached hydrogen (secondary N) is 1. The van der Waals surface area contributed by atoms with Gasteiger partial charge in [0.25, 0.3) is 10.1 Å². The van der Waals surface area contributed by atoms with Crippen LogP contribution in [0.3, 0.4) is 0 Å². The monoisotopic (exact) mass is 272 g/mol. The summed E-state index contributed by atoms with van der Waals surface area (Å²) >= 11 is 0. The second kappa shape index (κ2) is 5.61. The summed E-state index contributed by atoms with van der Waals surface area (Å²) in [7, 11) is -3.67. The highest BCUT2D eigenvalue weighted by Gasteiger charge is 2.15. The molecule has 0 saturated carbocycles. The number of rotatable bonds is 1. The van der Waals surface area contributed by atoms with Crippen LogP contribution in [0.25, 0.3) is 0 Å². The summed E-state index contributed by atoms with van der Waals surface area (Å²) in [5, 5.41) is 11.6. The number of fused-ring (bicyclic) bond motifs is 1. The minimum atomic E-state index is -3.67. The van der Waals surface area contributed by atoms with E-state index in [1.165, 1.54) is 6.20 Å². The maximum absolute atomic E-state index is 10.6. The van der Waals surface area contributed by atoms with E-state index in [1.54, 1.807) is 12.3 Å². The lowest BCUT2D eigenvalue weighted by Crippen LogP contribution is -2.13. The second-order valence-corrected chi connectivity index (χ2v) is 5.01. The highest BCUT2D eigenvalue weighted by atomic mass is 32.2. The van der Waals surface area contributed by atoms with Gasteiger partial charge in [0, 0.05) is 18.8 Å². The van der Waals surface area contributed by atoms with Gasteiger partial charge in [-0.2, -0.15) is 8.42 Å². The maximum Gasteiger partial charge on any atom is 0.333 e. The van der Waals surface area contributed by atoms with E-state index in [1.807, 2.05) is 6.07 Å². The molecule has 0 spiro atoms. The third kappa shape index (κ3) is 4.93. The van der Waals surface area contributed by atoms with Gasteiger partial charge in [-0.05, 0) is 11.6 Å². The van der Waals surface area contributed by atoms with Gasteiger partial charge >= 0.3 is 5.97 Å². The first kappa shape index (κ1) is 14.1. The van der Waals surface area contributed by atoms with E-state index >= 15 is 0 Å². The molecule has 0 bridgehead atoms. The minimum absolute atomic E-state index is 0.362. The predicted octanol–water partition coefficient (Wildman–Crippen LogP) is 0.522. The van der Waals surface area contributed by atoms with E-state index < -0.39 is 16.1 Å². The Morgan fingerprint density at radius 3 is 2.67 bits per heavy atom. The molecule has 3 N–H and O–H groups in total. The molecule has 0 unspecified atom stereocenters. The van der Waals surface area contributed by atoms with Gasteiger partial charge in [-0.15, -0.1) is 0 Å². The zero-order chi connectivity index (χ0) is 13.8. The first-order chi connectivity index (χ1) is 8.27. The Morgan fingerprint density at radius 2 is 2.11 bits per heavy atom. The minimum Gasteiger partial charge on any atom is -0.478 e. The molecule has 98 valence electrons. The molecule has 0 radical (unpaired) electrons. The average Bonchev–Trinajstić information content (AvgIpc) is 2.26. The van der Waals surface area contributed by atoms with Crippen molar-refractivity contribution in [1.29, 1.82) is 0 Å². The molecular weight excluding hydrogens is 260 g/mol. The molecule has 2 rings (SSSR count). The fourth-order valence-corrected chi connectivity index (χ4v) is 1.26. The van der Waals surface area contributed by atoms with Gasteiger partial charge in [-0.25, -0.2) is 9.78 Å². The number of nitrogens with zero attached hydrogens (tertiary/aromatic N) is 1. The molecule has 8 heteroatoms. The summed E-state index contributed by atoms with van der Waals surface area (Å²) in [5.74, 6) is -0.144. The third-order valence-electron chi connectivity index (χ3n) is 1.93. The fraction of sp³-hybridized carbons (Fsp3) is 0.200. The Hall–Kier alpha value is -1.93. The van der Waals surface area contributed by atoms with Gasteiger partial charge in [-0.3, -0.25) is 4.55 Å². The summed E-state index contributed by atoms with van der Waals surface area (Å²) in [6.07, 6.45) is 4.31. The standard InChI is InChI=1S/C9H8N2O2.CH4O3S/c12-9(13)7-4-6-2-1-3-10-8(6)11-5-7;1-5(2,3)4/h1-3,5H,4H2,(H,10,11)(H,12,13);1H3,(H,2,3,4). The van der Waals surface area contributed by atoms with E-state index in [0.717, 1.165) is 11.4 Å². The molecule has 1 aromatic rings. The molecule has 0 aliphatic carbocycles. The molecule has 18 heavy (non-hydrogen) atoms. The molecule has 1 aliphatic rings. The lowest BCUT2D eigenvalue weighted by atomic mass is 10.0. The van der Waals surface area contributed by atoms with Crippen molar-refractivity contribution in [1.82, 2.24) is 4.98 Å². The van der Waals surface area contributed by atoms with E-state index in [2.05, 4.69) is 10.3 Å². The van der Waals surface area contributed by atoms with E-state index in [-0.39, 0.29) is 0 Å². The lowest BCUT2D eigenvalue weighted by Gasteiger charge is -2.13. The number of aromatic nitrogens is 1. The number of hydrogen-bond acceptors (Lipinski definition) is 5. The zero-order valence-electron chi connectivity index (χ0n) is 9.49. The van der Waals surface area contributed by atoms with Gasteiger partial charge in [-0.1, -0.05) is 6.07 Å². The van der Waals surface area contributed by atoms with Crippen molar-refractivity contribution in [3.05, 3.63) is 35.7 Å². The van der Waals surface area contributed by atoms with Crippen molar-refractivity contribution in [2.45, 2.75) is 6.42 Å². The number of anilines is 1. The van der Waals surface area contributed by atoms with Gasteiger partial charge in [0.15, 0.2) is 0 Å². The van der Waals surface area contributed by atoms with Crippen LogP contribution in [-0.2, 0) is 21.3 Å². The summed E-state index contributed by atoms with van der Waals surface area (Å²) in [4.78, 5) is 14.7. The van der Waals surface area contributed by atoms with Gasteiger partial charge in [0.1, 0.15) is 5.82 Å². The largest absolute Gasteiger partial charge is 0.478 e. The van der Waals surface area contributed by atoms with Crippen molar-refractivity contribution in [2.75, 3.05) is 11.6 Å². The quantitative estimate of drug-likeness (QED) is 0.638. The molecule has 0 aromatic carbocycles. The molecule has 0 fully saturated rings. The van der Waals surface area contributed by atoms with Crippen LogP contribution in [0.4, 0.5) is 5.82 Å². The van der Waals surface area contributed by atoms with Crippen molar-refractivity contribution in [2.24, 2.45) is 0 Å². The Bertz CT molecular complexity index is 572. The molecule has 2 heterocycles. The first-order valence-corrected chi connectivity index (χ1v) is 6.67. The smallest absolute Gasteiger partial charge is 0.333 e. The maximum atomic E-state index is 10.6. The highest BCUT2D eigenvalue weighted by Crippen LogP contribution is 2.20. The lowest BCUT2D eigenvalue weighted by molar-refractivity contribution is -0.132. The Balaban J connectivity index is 0.000000280. The molecule has 0 amide bonds. The number of carbonyl (C=O) groups is 1. The fourth-order valence-electron chi connectivity index (χ4n) is 1.26. The molecule has 1 aliphatic heterocycles. The van der Waals surface area contributed by atoms with Gasteiger partial charge in [0.2, 0.25) is 0 Å². The Labute approximate surface area is 104 Å². The highest BCUT2D eigenvalue weighted by molar-refractivity contribution is 7.85. The summed E-state index contributed by atoms with van der Waals surface area (Å²) in [6, 6.07) is 3.66. The number of aliphatic carboxylic acids is 1. The SMILES string of the molecule is CS(=O)(=O)O.O=C(O)C1=CNc2ncccc2C1. The summed E-state index contributed by atoms with van der Waals surface area (Å²) in [5.41, 5.74) is 1.28. The van der Waals surface area contributed by atoms with E-state index in [0.29, 0.717) is 18.2 Å². The van der Waals surface area contributed by atoms with E-state index in [9.17, 15) is 13.2 Å². The first-order valence-electron chi connectivity index (χ1n) is 4.82. The zero-order valence-corrected chi connectivity index (χ0v) is 10.3. The Morgan fingerprint density at radius 1 is 1.50 bits per heavy atom. The summed E-state index contributed by atoms with van der Waals surface area (Å²) < 4.78 is 25.9. The second-order valence-electron chi connectivity index (χ2n) is 3.54. The van der Waals surface area contributed by atoms with Crippen LogP contribution in [-0.4, -0.2) is 35.3 Å². The van der Waals surface area contributed by atoms with Crippen LogP contribution in [0.15, 0.2) is 30.1 Å². The van der Waals surface area contributed by atoms with Crippen molar-refractivity contribution in [3.63, 3.8) is 0 Å². The molecule has 0 saturated heterocycles. The van der Waals surface area contributed by atoms with E-state index in [4.69, 9.17) is 9.66 Å². The molecule has 1 aromatic heterocycles. The number of carboxylic acids is 1. The number of hydrogen-bond donors (Lipinski definition) is 3. The van der Waals surface area contributed by atoms with Crippen LogP contribution in [0.1, 0.15) is 5.56 Å². The van der Waals surface area contributed by atoms with Crippen LogP contribution in [0.2, 0.25) is 0 Å². The van der Waals surface area contributed by atoms with Crippen molar-refractivity contribution < 1.29 is 22.9 Å². The normalized spacial score (nSPS) is 13.3. The number of carboxylic acid groups (broad SMARTS) is 1. The van der Waals surface area contributed by atoms with Crippen molar-refractivity contribution in [3.8, 4) is 0 Å². The molecular formula is C10H12N2O5S. The van der Waals surface area contributed by atoms with Crippen LogP contribution in [0.5, 0.6) is 0 Å². The molecule has 7 nitrogen and oxygen atoms in total. The average molecular weight is 272 g/mol. The van der Waals surface area contributed by atoms with Gasteiger partial charge in [0.05, 0.1) is 11.8 Å². The van der Waals surface area contributed by atoms with Crippen LogP contribution >= 0.6 is 0 Å². The predicted molar refractivity (Wildman–Crippen MR) is 64.8 cm³/mol. The van der Waals surface area contributed by atoms with Crippen LogP contribution < -0.4 is 5.32 Å². The topological polar surface area (TPSA) is 117 Å². The summed E-state index contributed by atoms with van der Waals surface area (Å²) in [6.45, 7) is 0.